The molecule has 3 rings (SSSR count). The first-order valence-corrected chi connectivity index (χ1v) is 11.9. The molecular weight excluding hydrogens is 413 g/mol. The van der Waals surface area contributed by atoms with Gasteiger partial charge in [-0.25, -0.2) is 22.9 Å². The number of hydrogen-bond donors (Lipinski definition) is 1. The molecule has 166 valence electrons. The normalized spacial score (nSPS) is 12.5. The van der Waals surface area contributed by atoms with E-state index in [0.717, 1.165) is 17.8 Å². The number of aromatic nitrogens is 2. The smallest absolute Gasteiger partial charge is 0.238 e. The minimum Gasteiger partial charge on any atom is -0.330 e. The molecule has 1 aromatic heterocycles. The van der Waals surface area contributed by atoms with Gasteiger partial charge in [0.2, 0.25) is 10.0 Å². The van der Waals surface area contributed by atoms with Crippen LogP contribution in [0.1, 0.15) is 51.6 Å². The van der Waals surface area contributed by atoms with Gasteiger partial charge in [-0.3, -0.25) is 0 Å². The van der Waals surface area contributed by atoms with Crippen molar-refractivity contribution in [3.63, 3.8) is 0 Å². The molecule has 0 aliphatic carbocycles. The second kappa shape index (κ2) is 8.55. The SMILES string of the molecule is CC(C)Cc1ccc(S(N)(=O)=O)c(-c2ccc(Cn3ccnc3C(C)(C)C)c(F)c2)c1. The van der Waals surface area contributed by atoms with Crippen LogP contribution < -0.4 is 5.14 Å². The Hall–Kier alpha value is -2.51. The molecule has 3 aromatic rings. The van der Waals surface area contributed by atoms with Crippen LogP contribution in [0.5, 0.6) is 0 Å². The Bertz CT molecular complexity index is 1190. The second-order valence-corrected chi connectivity index (χ2v) is 10.9. The van der Waals surface area contributed by atoms with Crippen LogP contribution in [-0.4, -0.2) is 18.0 Å². The van der Waals surface area contributed by atoms with Crippen molar-refractivity contribution in [3.05, 3.63) is 71.6 Å². The summed E-state index contributed by atoms with van der Waals surface area (Å²) in [4.78, 5) is 4.41. The first kappa shape index (κ1) is 23.2. The van der Waals surface area contributed by atoms with E-state index in [1.807, 2.05) is 10.8 Å². The third kappa shape index (κ3) is 5.40. The largest absolute Gasteiger partial charge is 0.330 e. The highest BCUT2D eigenvalue weighted by Gasteiger charge is 2.21. The summed E-state index contributed by atoms with van der Waals surface area (Å²) in [5.41, 5.74) is 2.22. The molecule has 0 saturated heterocycles. The van der Waals surface area contributed by atoms with Gasteiger partial charge in [-0.1, -0.05) is 52.8 Å². The highest BCUT2D eigenvalue weighted by atomic mass is 32.2. The lowest BCUT2D eigenvalue weighted by Crippen LogP contribution is -2.19. The molecule has 0 aliphatic heterocycles. The van der Waals surface area contributed by atoms with Crippen LogP contribution in [0.4, 0.5) is 4.39 Å². The van der Waals surface area contributed by atoms with Gasteiger partial charge >= 0.3 is 0 Å². The summed E-state index contributed by atoms with van der Waals surface area (Å²) in [6.45, 7) is 10.7. The molecule has 0 fully saturated rings. The first-order valence-electron chi connectivity index (χ1n) is 10.3. The van der Waals surface area contributed by atoms with Crippen LogP contribution in [0, 0.1) is 11.7 Å². The van der Waals surface area contributed by atoms with Gasteiger partial charge in [0.15, 0.2) is 0 Å². The van der Waals surface area contributed by atoms with Crippen LogP contribution in [0.2, 0.25) is 0 Å². The third-order valence-electron chi connectivity index (χ3n) is 5.09. The summed E-state index contributed by atoms with van der Waals surface area (Å²) in [6, 6.07) is 9.89. The number of primary sulfonamides is 1. The van der Waals surface area contributed by atoms with Crippen molar-refractivity contribution in [3.8, 4) is 11.1 Å². The highest BCUT2D eigenvalue weighted by molar-refractivity contribution is 7.89. The second-order valence-electron chi connectivity index (χ2n) is 9.41. The molecule has 0 aliphatic rings. The average Bonchev–Trinajstić information content (AvgIpc) is 3.10. The van der Waals surface area contributed by atoms with Gasteiger partial charge in [0, 0.05) is 28.9 Å². The molecular formula is C24H30FN3O2S. The van der Waals surface area contributed by atoms with Gasteiger partial charge in [0.1, 0.15) is 11.6 Å². The molecule has 1 heterocycles. The van der Waals surface area contributed by atoms with Crippen molar-refractivity contribution < 1.29 is 12.8 Å². The van der Waals surface area contributed by atoms with E-state index in [9.17, 15) is 8.42 Å². The Balaban J connectivity index is 2.02. The number of imidazole rings is 1. The van der Waals surface area contributed by atoms with Gasteiger partial charge < -0.3 is 4.57 Å². The summed E-state index contributed by atoms with van der Waals surface area (Å²) in [5, 5.41) is 5.43. The van der Waals surface area contributed by atoms with E-state index in [4.69, 9.17) is 5.14 Å². The quantitative estimate of drug-likeness (QED) is 0.590. The standard InChI is InChI=1S/C24H30FN3O2S/c1-16(2)12-17-6-9-22(31(26,29)30)20(13-17)18-7-8-19(21(25)14-18)15-28-11-10-27-23(28)24(3,4)5/h6-11,13-14,16H,12,15H2,1-5H3,(H2,26,29,30). The zero-order chi connectivity index (χ0) is 23.0. The molecule has 2 aromatic carbocycles. The molecule has 31 heavy (non-hydrogen) atoms. The molecule has 0 amide bonds. The topological polar surface area (TPSA) is 78.0 Å². The zero-order valence-corrected chi connectivity index (χ0v) is 19.5. The summed E-state index contributed by atoms with van der Waals surface area (Å²) in [5.74, 6) is 0.869. The molecule has 2 N–H and O–H groups in total. The van der Waals surface area contributed by atoms with Gasteiger partial charge in [-0.2, -0.15) is 0 Å². The molecule has 5 nitrogen and oxygen atoms in total. The minimum atomic E-state index is -3.95. The number of sulfonamides is 1. The molecule has 0 saturated carbocycles. The van der Waals surface area contributed by atoms with Crippen molar-refractivity contribution in [2.45, 2.75) is 57.9 Å². The van der Waals surface area contributed by atoms with Crippen LogP contribution >= 0.6 is 0 Å². The summed E-state index contributed by atoms with van der Waals surface area (Å²) < 4.78 is 41.3. The van der Waals surface area contributed by atoms with Crippen molar-refractivity contribution in [1.29, 1.82) is 0 Å². The van der Waals surface area contributed by atoms with Gasteiger partial charge in [0.05, 0.1) is 11.4 Å². The predicted molar refractivity (Wildman–Crippen MR) is 122 cm³/mol. The van der Waals surface area contributed by atoms with E-state index < -0.39 is 15.8 Å². The number of nitrogens with two attached hydrogens (primary N) is 1. The van der Waals surface area contributed by atoms with E-state index in [1.54, 1.807) is 30.5 Å². The zero-order valence-electron chi connectivity index (χ0n) is 18.7. The summed E-state index contributed by atoms with van der Waals surface area (Å²) in [7, 11) is -3.95. The lowest BCUT2D eigenvalue weighted by molar-refractivity contribution is 0.505. The molecule has 0 radical (unpaired) electrons. The van der Waals surface area contributed by atoms with Crippen molar-refractivity contribution in [1.82, 2.24) is 9.55 Å². The van der Waals surface area contributed by atoms with Crippen molar-refractivity contribution in [2.24, 2.45) is 11.1 Å². The average molecular weight is 444 g/mol. The number of nitrogens with zero attached hydrogens (tertiary/aromatic N) is 2. The predicted octanol–water partition coefficient (Wildman–Crippen LogP) is 4.88. The van der Waals surface area contributed by atoms with Crippen LogP contribution in [-0.2, 0) is 28.4 Å². The van der Waals surface area contributed by atoms with E-state index >= 15 is 4.39 Å². The van der Waals surface area contributed by atoms with Gasteiger partial charge in [-0.15, -0.1) is 0 Å². The number of hydrogen-bond acceptors (Lipinski definition) is 3. The Morgan fingerprint density at radius 1 is 1.13 bits per heavy atom. The Kier molecular flexibility index (Phi) is 6.39. The lowest BCUT2D eigenvalue weighted by atomic mass is 9.95. The fraction of sp³-hybridized carbons (Fsp3) is 0.375. The lowest BCUT2D eigenvalue weighted by Gasteiger charge is -2.20. The van der Waals surface area contributed by atoms with Crippen molar-refractivity contribution >= 4 is 10.0 Å². The van der Waals surface area contributed by atoms with E-state index in [-0.39, 0.29) is 10.3 Å². The van der Waals surface area contributed by atoms with Crippen LogP contribution in [0.3, 0.4) is 0 Å². The minimum absolute atomic E-state index is 0.00298. The number of halogens is 1. The summed E-state index contributed by atoms with van der Waals surface area (Å²) in [6.07, 6.45) is 4.34. The highest BCUT2D eigenvalue weighted by Crippen LogP contribution is 2.30. The van der Waals surface area contributed by atoms with E-state index in [2.05, 4.69) is 39.6 Å². The molecule has 0 unspecified atom stereocenters. The Morgan fingerprint density at radius 2 is 1.84 bits per heavy atom. The van der Waals surface area contributed by atoms with Crippen LogP contribution in [0.15, 0.2) is 53.7 Å². The maximum absolute atomic E-state index is 15.1. The van der Waals surface area contributed by atoms with Crippen molar-refractivity contribution in [2.75, 3.05) is 0 Å². The molecule has 0 bridgehead atoms. The fourth-order valence-corrected chi connectivity index (χ4v) is 4.50. The molecule has 0 spiro atoms. The number of benzene rings is 2. The van der Waals surface area contributed by atoms with Crippen LogP contribution in [0.25, 0.3) is 11.1 Å². The third-order valence-corrected chi connectivity index (χ3v) is 6.05. The Morgan fingerprint density at radius 3 is 2.42 bits per heavy atom. The fourth-order valence-electron chi connectivity index (χ4n) is 3.76. The summed E-state index contributed by atoms with van der Waals surface area (Å²) >= 11 is 0. The molecule has 0 atom stereocenters. The number of rotatable bonds is 6. The monoisotopic (exact) mass is 443 g/mol. The van der Waals surface area contributed by atoms with Gasteiger partial charge in [0.25, 0.3) is 0 Å². The Labute approximate surface area is 184 Å². The van der Waals surface area contributed by atoms with E-state index in [1.165, 1.54) is 12.1 Å². The first-order chi connectivity index (χ1) is 14.4. The molecule has 7 heteroatoms. The van der Waals surface area contributed by atoms with Gasteiger partial charge in [-0.05, 0) is 41.7 Å². The maximum Gasteiger partial charge on any atom is 0.238 e. The van der Waals surface area contributed by atoms with E-state index in [0.29, 0.717) is 29.2 Å². The maximum atomic E-state index is 15.1.